The molecule has 0 spiro atoms. The van der Waals surface area contributed by atoms with E-state index in [4.69, 9.17) is 4.74 Å². The molecule has 0 fully saturated rings. The SMILES string of the molecule is COC(=O)c1c(NC(=O)CN(C)CC(=O)Nc2cccc(F)c2)sc(C)c1C. The molecule has 2 amide bonds. The van der Waals surface area contributed by atoms with Gasteiger partial charge in [0.1, 0.15) is 10.8 Å². The molecule has 0 saturated carbocycles. The van der Waals surface area contributed by atoms with E-state index in [1.54, 1.807) is 20.0 Å². The Morgan fingerprint density at radius 3 is 2.39 bits per heavy atom. The summed E-state index contributed by atoms with van der Waals surface area (Å²) in [6.07, 6.45) is 0. The van der Waals surface area contributed by atoms with Crippen LogP contribution < -0.4 is 10.6 Å². The van der Waals surface area contributed by atoms with Crippen LogP contribution in [-0.2, 0) is 14.3 Å². The van der Waals surface area contributed by atoms with Crippen LogP contribution in [0.3, 0.4) is 0 Å². The monoisotopic (exact) mass is 407 g/mol. The maximum Gasteiger partial charge on any atom is 0.341 e. The van der Waals surface area contributed by atoms with Crippen molar-refractivity contribution in [1.82, 2.24) is 4.90 Å². The zero-order valence-corrected chi connectivity index (χ0v) is 16.9. The summed E-state index contributed by atoms with van der Waals surface area (Å²) in [5, 5.41) is 5.69. The van der Waals surface area contributed by atoms with Gasteiger partial charge < -0.3 is 15.4 Å². The lowest BCUT2D eigenvalue weighted by molar-refractivity contribution is -0.119. The number of benzene rings is 1. The number of hydrogen-bond acceptors (Lipinski definition) is 6. The molecule has 0 saturated heterocycles. The summed E-state index contributed by atoms with van der Waals surface area (Å²) < 4.78 is 17.9. The van der Waals surface area contributed by atoms with E-state index in [-0.39, 0.29) is 24.9 Å². The summed E-state index contributed by atoms with van der Waals surface area (Å²) in [6.45, 7) is 3.52. The van der Waals surface area contributed by atoms with Gasteiger partial charge in [-0.3, -0.25) is 14.5 Å². The van der Waals surface area contributed by atoms with Gasteiger partial charge in [0.15, 0.2) is 0 Å². The standard InChI is InChI=1S/C19H22FN3O4S/c1-11-12(2)28-18(17(11)19(26)27-4)22-16(25)10-23(3)9-15(24)21-14-7-5-6-13(20)8-14/h5-8H,9-10H2,1-4H3,(H,21,24)(H,22,25). The number of likely N-dealkylation sites (N-methyl/N-ethyl adjacent to an activating group) is 1. The highest BCUT2D eigenvalue weighted by Gasteiger charge is 2.22. The van der Waals surface area contributed by atoms with E-state index in [2.05, 4.69) is 10.6 Å². The molecule has 1 aromatic heterocycles. The highest BCUT2D eigenvalue weighted by molar-refractivity contribution is 7.16. The van der Waals surface area contributed by atoms with Crippen molar-refractivity contribution in [3.05, 3.63) is 46.1 Å². The number of amides is 2. The third-order valence-electron chi connectivity index (χ3n) is 3.96. The maximum absolute atomic E-state index is 13.2. The molecule has 150 valence electrons. The lowest BCUT2D eigenvalue weighted by Crippen LogP contribution is -2.36. The lowest BCUT2D eigenvalue weighted by Gasteiger charge is -2.16. The number of ether oxygens (including phenoxy) is 1. The fourth-order valence-electron chi connectivity index (χ4n) is 2.54. The van der Waals surface area contributed by atoms with Crippen molar-refractivity contribution in [2.75, 3.05) is 37.9 Å². The fraction of sp³-hybridized carbons (Fsp3) is 0.316. The third kappa shape index (κ3) is 5.61. The molecule has 0 aliphatic heterocycles. The van der Waals surface area contributed by atoms with E-state index in [9.17, 15) is 18.8 Å². The summed E-state index contributed by atoms with van der Waals surface area (Å²) in [7, 11) is 2.89. The predicted octanol–water partition coefficient (Wildman–Crippen LogP) is 2.80. The average Bonchev–Trinajstić information content (AvgIpc) is 2.87. The number of anilines is 2. The zero-order valence-electron chi connectivity index (χ0n) is 16.1. The molecule has 2 rings (SSSR count). The van der Waals surface area contributed by atoms with Crippen molar-refractivity contribution in [3.8, 4) is 0 Å². The Hall–Kier alpha value is -2.78. The number of nitrogens with one attached hydrogen (secondary N) is 2. The minimum absolute atomic E-state index is 0.0592. The largest absolute Gasteiger partial charge is 0.465 e. The van der Waals surface area contributed by atoms with Crippen LogP contribution in [0.2, 0.25) is 0 Å². The van der Waals surface area contributed by atoms with Crippen molar-refractivity contribution in [3.63, 3.8) is 0 Å². The number of thiophene rings is 1. The zero-order chi connectivity index (χ0) is 20.8. The van der Waals surface area contributed by atoms with Gasteiger partial charge >= 0.3 is 5.97 Å². The summed E-state index contributed by atoms with van der Waals surface area (Å²) in [6, 6.07) is 5.55. The van der Waals surface area contributed by atoms with Crippen LogP contribution >= 0.6 is 11.3 Å². The molecule has 0 bridgehead atoms. The Morgan fingerprint density at radius 2 is 1.79 bits per heavy atom. The topological polar surface area (TPSA) is 87.7 Å². The van der Waals surface area contributed by atoms with Crippen LogP contribution in [0, 0.1) is 19.7 Å². The molecule has 28 heavy (non-hydrogen) atoms. The first-order valence-corrected chi connectivity index (χ1v) is 9.25. The van der Waals surface area contributed by atoms with Crippen molar-refractivity contribution in [2.45, 2.75) is 13.8 Å². The Balaban J connectivity index is 1.93. The van der Waals surface area contributed by atoms with Gasteiger partial charge in [0.25, 0.3) is 0 Å². The van der Waals surface area contributed by atoms with Crippen molar-refractivity contribution < 1.29 is 23.5 Å². The Bertz CT molecular complexity index is 897. The molecule has 0 unspecified atom stereocenters. The summed E-state index contributed by atoms with van der Waals surface area (Å²) in [5.41, 5.74) is 1.44. The first-order valence-electron chi connectivity index (χ1n) is 8.43. The summed E-state index contributed by atoms with van der Waals surface area (Å²) in [4.78, 5) is 38.7. The third-order valence-corrected chi connectivity index (χ3v) is 5.09. The van der Waals surface area contributed by atoms with Crippen LogP contribution in [0.15, 0.2) is 24.3 Å². The molecule has 1 heterocycles. The van der Waals surface area contributed by atoms with Crippen molar-refractivity contribution >= 4 is 39.8 Å². The molecule has 0 aliphatic rings. The summed E-state index contributed by atoms with van der Waals surface area (Å²) in [5.74, 6) is -1.71. The molecular weight excluding hydrogens is 385 g/mol. The lowest BCUT2D eigenvalue weighted by atomic mass is 10.1. The first-order chi connectivity index (χ1) is 13.2. The van der Waals surface area contributed by atoms with E-state index >= 15 is 0 Å². The number of methoxy groups -OCH3 is 1. The molecule has 0 aliphatic carbocycles. The normalized spacial score (nSPS) is 10.6. The minimum Gasteiger partial charge on any atom is -0.465 e. The number of halogens is 1. The van der Waals surface area contributed by atoms with E-state index in [0.717, 1.165) is 10.4 Å². The van der Waals surface area contributed by atoms with Gasteiger partial charge in [-0.05, 0) is 44.7 Å². The molecule has 7 nitrogen and oxygen atoms in total. The van der Waals surface area contributed by atoms with E-state index in [1.807, 2.05) is 6.92 Å². The number of esters is 1. The van der Waals surface area contributed by atoms with Gasteiger partial charge in [-0.15, -0.1) is 11.3 Å². The van der Waals surface area contributed by atoms with Gasteiger partial charge in [0.2, 0.25) is 11.8 Å². The second-order valence-electron chi connectivity index (χ2n) is 6.26. The van der Waals surface area contributed by atoms with Crippen molar-refractivity contribution in [2.24, 2.45) is 0 Å². The second kappa shape index (κ2) is 9.43. The number of carbonyl (C=O) groups is 3. The molecule has 0 atom stereocenters. The van der Waals surface area contributed by atoms with Gasteiger partial charge in [0, 0.05) is 10.6 Å². The van der Waals surface area contributed by atoms with Crippen LogP contribution in [0.1, 0.15) is 20.8 Å². The molecule has 9 heteroatoms. The number of nitrogens with zero attached hydrogens (tertiary/aromatic N) is 1. The molecule has 1 aromatic carbocycles. The van der Waals surface area contributed by atoms with Crippen LogP contribution in [0.5, 0.6) is 0 Å². The highest BCUT2D eigenvalue weighted by Crippen LogP contribution is 2.32. The molecule has 2 N–H and O–H groups in total. The van der Waals surface area contributed by atoms with Gasteiger partial charge in [-0.1, -0.05) is 6.07 Å². The predicted molar refractivity (Wildman–Crippen MR) is 106 cm³/mol. The number of rotatable bonds is 7. The van der Waals surface area contributed by atoms with E-state index in [1.165, 1.54) is 41.5 Å². The number of hydrogen-bond donors (Lipinski definition) is 2. The van der Waals surface area contributed by atoms with Gasteiger partial charge in [0.05, 0.1) is 25.8 Å². The van der Waals surface area contributed by atoms with E-state index < -0.39 is 11.8 Å². The highest BCUT2D eigenvalue weighted by atomic mass is 32.1. The summed E-state index contributed by atoms with van der Waals surface area (Å²) >= 11 is 1.29. The number of aryl methyl sites for hydroxylation is 1. The molecule has 0 radical (unpaired) electrons. The maximum atomic E-state index is 13.2. The van der Waals surface area contributed by atoms with E-state index in [0.29, 0.717) is 16.3 Å². The first kappa shape index (κ1) is 21.5. The van der Waals surface area contributed by atoms with Crippen LogP contribution in [0.4, 0.5) is 15.1 Å². The van der Waals surface area contributed by atoms with Gasteiger partial charge in [-0.25, -0.2) is 9.18 Å². The molecule has 2 aromatic rings. The Labute approximate surface area is 166 Å². The second-order valence-corrected chi connectivity index (χ2v) is 7.48. The quantitative estimate of drug-likeness (QED) is 0.689. The molecular formula is C19H22FN3O4S. The van der Waals surface area contributed by atoms with Crippen LogP contribution in [0.25, 0.3) is 0 Å². The Kier molecular flexibility index (Phi) is 7.24. The van der Waals surface area contributed by atoms with Gasteiger partial charge in [-0.2, -0.15) is 0 Å². The minimum atomic E-state index is -0.514. The van der Waals surface area contributed by atoms with Crippen LogP contribution in [-0.4, -0.2) is 49.9 Å². The average molecular weight is 407 g/mol. The van der Waals surface area contributed by atoms with Crippen molar-refractivity contribution in [1.29, 1.82) is 0 Å². The Morgan fingerprint density at radius 1 is 1.14 bits per heavy atom. The fourth-order valence-corrected chi connectivity index (χ4v) is 3.61. The number of carbonyl (C=O) groups excluding carboxylic acids is 3. The smallest absolute Gasteiger partial charge is 0.341 e.